The molecular weight excluding hydrogens is 498 g/mol. The molecule has 0 saturated carbocycles. The number of carbonyl (C=O) groups excluding carboxylic acids is 2. The average molecular weight is 535 g/mol. The van der Waals surface area contributed by atoms with Crippen LogP contribution in [0.3, 0.4) is 0 Å². The summed E-state index contributed by atoms with van der Waals surface area (Å²) in [7, 11) is 0. The Hall–Kier alpha value is -3.56. The Kier molecular flexibility index (Phi) is 7.44. The number of nitro groups is 1. The number of allylic oxidation sites excluding steroid dienone is 7. The van der Waals surface area contributed by atoms with Crippen molar-refractivity contribution in [2.75, 3.05) is 11.4 Å². The fraction of sp³-hybridized carbons (Fsp3) is 0.467. The number of anilines is 1. The number of fused-ring (bicyclic) bond motifs is 1. The van der Waals surface area contributed by atoms with Gasteiger partial charge in [0.05, 0.1) is 11.3 Å². The SMILES string of the molecule is CC1(C)/C(=C\C=C2\C=C([N+](=O)[O-])C=CC2=O)N(CCC(=O)OC2CC(C)(C)N([O])C(C)(C)C2)c2ccccc21. The highest BCUT2D eigenvalue weighted by Crippen LogP contribution is 2.47. The van der Waals surface area contributed by atoms with Gasteiger partial charge in [0.15, 0.2) is 5.78 Å². The van der Waals surface area contributed by atoms with Crippen LogP contribution in [-0.2, 0) is 24.9 Å². The van der Waals surface area contributed by atoms with E-state index in [0.29, 0.717) is 19.4 Å². The van der Waals surface area contributed by atoms with Crippen LogP contribution in [0.2, 0.25) is 0 Å². The third-order valence-corrected chi connectivity index (χ3v) is 7.82. The van der Waals surface area contributed by atoms with Crippen molar-refractivity contribution in [1.82, 2.24) is 5.06 Å². The van der Waals surface area contributed by atoms with E-state index in [2.05, 4.69) is 13.8 Å². The monoisotopic (exact) mass is 534 g/mol. The number of ether oxygens (including phenoxy) is 1. The molecule has 0 unspecified atom stereocenters. The molecule has 3 aliphatic rings. The van der Waals surface area contributed by atoms with Crippen molar-refractivity contribution >= 4 is 17.4 Å². The first kappa shape index (κ1) is 28.4. The van der Waals surface area contributed by atoms with Crippen LogP contribution < -0.4 is 4.90 Å². The van der Waals surface area contributed by atoms with E-state index >= 15 is 0 Å². The standard InChI is InChI=1S/C30H36N3O6/c1-28(2)18-22(19-29(3,4)33(28)38)39-27(35)15-16-31-24-10-8-7-9-23(24)30(5,6)26(31)14-11-20-17-21(32(36)37)12-13-25(20)34/h7-14,17,22H,15-16,18-19H2,1-6H3/b20-11-,26-14+. The maximum atomic E-state index is 13.0. The van der Waals surface area contributed by atoms with E-state index in [1.165, 1.54) is 18.2 Å². The molecule has 0 N–H and O–H groups in total. The number of hydrogen-bond donors (Lipinski definition) is 0. The molecule has 4 rings (SSSR count). The molecular formula is C30H36N3O6. The minimum Gasteiger partial charge on any atom is -0.462 e. The van der Waals surface area contributed by atoms with Crippen molar-refractivity contribution in [2.24, 2.45) is 0 Å². The Morgan fingerprint density at radius 3 is 2.36 bits per heavy atom. The molecule has 39 heavy (non-hydrogen) atoms. The number of rotatable bonds is 6. The summed E-state index contributed by atoms with van der Waals surface area (Å²) < 4.78 is 5.86. The third kappa shape index (κ3) is 5.60. The van der Waals surface area contributed by atoms with Gasteiger partial charge in [-0.25, -0.2) is 0 Å². The van der Waals surface area contributed by atoms with Crippen LogP contribution in [0.15, 0.2) is 71.6 Å². The molecule has 1 radical (unpaired) electrons. The van der Waals surface area contributed by atoms with Gasteiger partial charge < -0.3 is 9.64 Å². The zero-order valence-electron chi connectivity index (χ0n) is 23.4. The lowest BCUT2D eigenvalue weighted by molar-refractivity contribution is -0.419. The molecule has 1 fully saturated rings. The van der Waals surface area contributed by atoms with Crippen LogP contribution in [0.5, 0.6) is 0 Å². The van der Waals surface area contributed by atoms with Crippen LogP contribution >= 0.6 is 0 Å². The van der Waals surface area contributed by atoms with E-state index in [4.69, 9.17) is 4.74 Å². The van der Waals surface area contributed by atoms with Gasteiger partial charge in [0.1, 0.15) is 6.10 Å². The van der Waals surface area contributed by atoms with E-state index in [1.807, 2.05) is 56.9 Å². The second-order valence-corrected chi connectivity index (χ2v) is 12.2. The van der Waals surface area contributed by atoms with Crippen molar-refractivity contribution in [3.8, 4) is 0 Å². The maximum Gasteiger partial charge on any atom is 0.307 e. The van der Waals surface area contributed by atoms with Gasteiger partial charge in [-0.1, -0.05) is 32.0 Å². The number of ketones is 1. The molecule has 9 nitrogen and oxygen atoms in total. The van der Waals surface area contributed by atoms with Crippen LogP contribution in [0.4, 0.5) is 5.69 Å². The number of carbonyl (C=O) groups is 2. The Labute approximate surface area is 229 Å². The van der Waals surface area contributed by atoms with Crippen molar-refractivity contribution in [3.63, 3.8) is 0 Å². The number of piperidine rings is 1. The van der Waals surface area contributed by atoms with Gasteiger partial charge >= 0.3 is 5.97 Å². The molecule has 1 aromatic rings. The van der Waals surface area contributed by atoms with E-state index in [9.17, 15) is 24.9 Å². The summed E-state index contributed by atoms with van der Waals surface area (Å²) in [5, 5.41) is 25.0. The second kappa shape index (κ2) is 10.2. The molecule has 1 aliphatic carbocycles. The molecule has 0 bridgehead atoms. The normalized spacial score (nSPS) is 24.1. The van der Waals surface area contributed by atoms with Gasteiger partial charge in [-0.3, -0.25) is 19.7 Å². The first-order chi connectivity index (χ1) is 18.1. The van der Waals surface area contributed by atoms with Crippen molar-refractivity contribution < 1.29 is 24.5 Å². The van der Waals surface area contributed by atoms with E-state index in [1.54, 1.807) is 12.2 Å². The van der Waals surface area contributed by atoms with Crippen molar-refractivity contribution in [3.05, 3.63) is 87.3 Å². The molecule has 0 aromatic heterocycles. The largest absolute Gasteiger partial charge is 0.462 e. The van der Waals surface area contributed by atoms with Gasteiger partial charge in [0.2, 0.25) is 0 Å². The predicted octanol–water partition coefficient (Wildman–Crippen LogP) is 5.19. The number of nitrogens with zero attached hydrogens (tertiary/aromatic N) is 3. The molecule has 9 heteroatoms. The van der Waals surface area contributed by atoms with Crippen LogP contribution in [0.1, 0.15) is 66.4 Å². The number of para-hydroxylation sites is 1. The fourth-order valence-electron chi connectivity index (χ4n) is 6.03. The van der Waals surface area contributed by atoms with E-state index in [-0.39, 0.29) is 35.5 Å². The van der Waals surface area contributed by atoms with Gasteiger partial charge in [-0.05, 0) is 57.6 Å². The molecule has 2 heterocycles. The summed E-state index contributed by atoms with van der Waals surface area (Å²) in [5.74, 6) is -0.645. The summed E-state index contributed by atoms with van der Waals surface area (Å²) in [4.78, 5) is 38.1. The van der Waals surface area contributed by atoms with Crippen LogP contribution in [0.25, 0.3) is 0 Å². The Morgan fingerprint density at radius 1 is 1.08 bits per heavy atom. The lowest BCUT2D eigenvalue weighted by Gasteiger charge is -2.49. The topological polar surface area (TPSA) is 113 Å². The zero-order chi connectivity index (χ0) is 28.8. The quantitative estimate of drug-likeness (QED) is 0.213. The fourth-order valence-corrected chi connectivity index (χ4v) is 6.03. The summed E-state index contributed by atoms with van der Waals surface area (Å²) in [6.07, 6.45) is 7.79. The average Bonchev–Trinajstić information content (AvgIpc) is 3.06. The number of hydroxylamine groups is 2. The van der Waals surface area contributed by atoms with Crippen molar-refractivity contribution in [1.29, 1.82) is 0 Å². The number of hydrogen-bond acceptors (Lipinski definition) is 7. The first-order valence-electron chi connectivity index (χ1n) is 13.2. The highest BCUT2D eigenvalue weighted by atomic mass is 16.6. The Morgan fingerprint density at radius 2 is 1.72 bits per heavy atom. The van der Waals surface area contributed by atoms with Gasteiger partial charge in [-0.2, -0.15) is 0 Å². The second-order valence-electron chi connectivity index (χ2n) is 12.2. The number of esters is 1. The molecule has 1 aromatic carbocycles. The number of benzene rings is 1. The van der Waals surface area contributed by atoms with Gasteiger partial charge in [-0.15, -0.1) is 10.3 Å². The lowest BCUT2D eigenvalue weighted by atomic mass is 9.80. The Balaban J connectivity index is 1.56. The minimum atomic E-state index is -0.636. The smallest absolute Gasteiger partial charge is 0.307 e. The maximum absolute atomic E-state index is 13.0. The molecule has 0 spiro atoms. The van der Waals surface area contributed by atoms with Gasteiger partial charge in [0.25, 0.3) is 5.70 Å². The highest BCUT2D eigenvalue weighted by Gasteiger charge is 2.47. The summed E-state index contributed by atoms with van der Waals surface area (Å²) in [5.41, 5.74) is 1.26. The highest BCUT2D eigenvalue weighted by molar-refractivity contribution is 6.07. The van der Waals surface area contributed by atoms with Gasteiger partial charge in [0, 0.05) is 65.0 Å². The third-order valence-electron chi connectivity index (χ3n) is 7.82. The molecule has 1 saturated heterocycles. The molecule has 0 amide bonds. The summed E-state index contributed by atoms with van der Waals surface area (Å²) in [6, 6.07) is 7.92. The van der Waals surface area contributed by atoms with Crippen molar-refractivity contribution in [2.45, 2.75) is 83.4 Å². The zero-order valence-corrected chi connectivity index (χ0v) is 23.4. The summed E-state index contributed by atoms with van der Waals surface area (Å²) in [6.45, 7) is 12.0. The van der Waals surface area contributed by atoms with E-state index in [0.717, 1.165) is 22.0 Å². The predicted molar refractivity (Wildman–Crippen MR) is 147 cm³/mol. The van der Waals surface area contributed by atoms with E-state index < -0.39 is 21.4 Å². The Bertz CT molecular complexity index is 1300. The minimum absolute atomic E-state index is 0.129. The molecule has 2 aliphatic heterocycles. The summed E-state index contributed by atoms with van der Waals surface area (Å²) >= 11 is 0. The molecule has 0 atom stereocenters. The lowest BCUT2D eigenvalue weighted by Crippen LogP contribution is -2.60. The first-order valence-corrected chi connectivity index (χ1v) is 13.2. The van der Waals surface area contributed by atoms with Crippen LogP contribution in [0, 0.1) is 10.1 Å². The molecule has 207 valence electrons. The van der Waals surface area contributed by atoms with Crippen LogP contribution in [-0.4, -0.2) is 45.5 Å².